The van der Waals surface area contributed by atoms with Crippen LogP contribution in [-0.2, 0) is 17.4 Å². The van der Waals surface area contributed by atoms with E-state index < -0.39 is 11.7 Å². The van der Waals surface area contributed by atoms with Crippen LogP contribution < -0.4 is 10.2 Å². The number of hydrogen-bond donors (Lipinski definition) is 2. The predicted molar refractivity (Wildman–Crippen MR) is 130 cm³/mol. The van der Waals surface area contributed by atoms with Crippen molar-refractivity contribution in [1.82, 2.24) is 9.88 Å². The molecule has 0 bridgehead atoms. The zero-order valence-corrected chi connectivity index (χ0v) is 19.6. The first-order chi connectivity index (χ1) is 16.2. The number of carbonyl (C=O) groups excluding carboxylic acids is 1. The number of piperazine rings is 1. The quantitative estimate of drug-likeness (QED) is 0.475. The van der Waals surface area contributed by atoms with Crippen molar-refractivity contribution in [3.8, 4) is 0 Å². The SMILES string of the molecule is CC[C@@H](C)C(=O)Nc1ccc2[nH]cc(CCN3CCN(c4cccc(C(F)(F)F)c4)CC3)c2c1. The highest BCUT2D eigenvalue weighted by Crippen LogP contribution is 2.32. The summed E-state index contributed by atoms with van der Waals surface area (Å²) in [6.07, 6.45) is -0.658. The molecule has 8 heteroatoms. The van der Waals surface area contributed by atoms with Crippen LogP contribution in [0.2, 0.25) is 0 Å². The Morgan fingerprint density at radius 1 is 1.12 bits per heavy atom. The molecule has 1 aliphatic rings. The van der Waals surface area contributed by atoms with Gasteiger partial charge in [0.2, 0.25) is 5.91 Å². The normalized spacial score (nSPS) is 16.1. The van der Waals surface area contributed by atoms with E-state index in [0.717, 1.165) is 55.1 Å². The van der Waals surface area contributed by atoms with Gasteiger partial charge in [-0.1, -0.05) is 19.9 Å². The lowest BCUT2D eigenvalue weighted by Crippen LogP contribution is -2.47. The molecule has 1 atom stereocenters. The number of nitrogens with zero attached hydrogens (tertiary/aromatic N) is 2. The topological polar surface area (TPSA) is 51.4 Å². The minimum Gasteiger partial charge on any atom is -0.369 e. The largest absolute Gasteiger partial charge is 0.416 e. The fourth-order valence-electron chi connectivity index (χ4n) is 4.30. The van der Waals surface area contributed by atoms with E-state index in [0.29, 0.717) is 18.8 Å². The number of nitrogens with one attached hydrogen (secondary N) is 2. The zero-order chi connectivity index (χ0) is 24.3. The standard InChI is InChI=1S/C26H31F3N4O/c1-3-18(2)25(34)31-21-7-8-24-23(16-21)19(17-30-24)9-10-32-11-13-33(14-12-32)22-6-4-5-20(15-22)26(27,28)29/h4-8,15-18,30H,3,9-14H2,1-2H3,(H,31,34)/t18-/m1/s1. The summed E-state index contributed by atoms with van der Waals surface area (Å²) in [4.78, 5) is 19.9. The molecule has 0 spiro atoms. The Kier molecular flexibility index (Phi) is 7.16. The van der Waals surface area contributed by atoms with E-state index in [2.05, 4.69) is 15.2 Å². The number of aromatic nitrogens is 1. The van der Waals surface area contributed by atoms with E-state index in [1.165, 1.54) is 17.7 Å². The fraction of sp³-hybridized carbons (Fsp3) is 0.423. The Balaban J connectivity index is 1.34. The minimum atomic E-state index is -4.33. The minimum absolute atomic E-state index is 0.0255. The summed E-state index contributed by atoms with van der Waals surface area (Å²) in [6.45, 7) is 7.78. The van der Waals surface area contributed by atoms with Crippen LogP contribution in [0.3, 0.4) is 0 Å². The van der Waals surface area contributed by atoms with Crippen molar-refractivity contribution in [2.75, 3.05) is 42.9 Å². The molecule has 34 heavy (non-hydrogen) atoms. The summed E-state index contributed by atoms with van der Waals surface area (Å²) in [6, 6.07) is 11.5. The lowest BCUT2D eigenvalue weighted by atomic mass is 10.1. The molecule has 182 valence electrons. The summed E-state index contributed by atoms with van der Waals surface area (Å²) in [5, 5.41) is 4.10. The number of H-pyrrole nitrogens is 1. The number of fused-ring (bicyclic) bond motifs is 1. The third-order valence-corrected chi connectivity index (χ3v) is 6.70. The van der Waals surface area contributed by atoms with E-state index in [1.54, 1.807) is 6.07 Å². The predicted octanol–water partition coefficient (Wildman–Crippen LogP) is 5.54. The van der Waals surface area contributed by atoms with Gasteiger partial charge in [-0.3, -0.25) is 9.69 Å². The summed E-state index contributed by atoms with van der Waals surface area (Å²) in [5.41, 5.74) is 3.04. The Morgan fingerprint density at radius 3 is 2.59 bits per heavy atom. The van der Waals surface area contributed by atoms with Gasteiger partial charge in [-0.15, -0.1) is 0 Å². The van der Waals surface area contributed by atoms with Crippen LogP contribution in [0.15, 0.2) is 48.7 Å². The van der Waals surface area contributed by atoms with Gasteiger partial charge >= 0.3 is 6.18 Å². The zero-order valence-electron chi connectivity index (χ0n) is 19.6. The van der Waals surface area contributed by atoms with Crippen molar-refractivity contribution in [3.63, 3.8) is 0 Å². The number of alkyl halides is 3. The molecule has 2 heterocycles. The van der Waals surface area contributed by atoms with Crippen molar-refractivity contribution in [1.29, 1.82) is 0 Å². The molecular weight excluding hydrogens is 441 g/mol. The van der Waals surface area contributed by atoms with Crippen LogP contribution in [0.25, 0.3) is 10.9 Å². The second-order valence-corrected chi connectivity index (χ2v) is 9.00. The number of anilines is 2. The van der Waals surface area contributed by atoms with Crippen molar-refractivity contribution in [2.24, 2.45) is 5.92 Å². The van der Waals surface area contributed by atoms with Crippen molar-refractivity contribution >= 4 is 28.2 Å². The second-order valence-electron chi connectivity index (χ2n) is 9.00. The third-order valence-electron chi connectivity index (χ3n) is 6.70. The van der Waals surface area contributed by atoms with E-state index in [-0.39, 0.29) is 11.8 Å². The van der Waals surface area contributed by atoms with Crippen LogP contribution in [0.5, 0.6) is 0 Å². The van der Waals surface area contributed by atoms with Gasteiger partial charge in [0, 0.05) is 67.1 Å². The van der Waals surface area contributed by atoms with Crippen LogP contribution >= 0.6 is 0 Å². The van der Waals surface area contributed by atoms with Gasteiger partial charge in [0.25, 0.3) is 0 Å². The lowest BCUT2D eigenvalue weighted by molar-refractivity contribution is -0.137. The molecule has 0 unspecified atom stereocenters. The number of benzene rings is 2. The maximum absolute atomic E-state index is 13.0. The van der Waals surface area contributed by atoms with Gasteiger partial charge in [-0.05, 0) is 54.8 Å². The molecule has 1 amide bonds. The van der Waals surface area contributed by atoms with Crippen molar-refractivity contribution < 1.29 is 18.0 Å². The maximum atomic E-state index is 13.0. The Hall–Kier alpha value is -3.00. The summed E-state index contributed by atoms with van der Waals surface area (Å²) >= 11 is 0. The second kappa shape index (κ2) is 10.1. The van der Waals surface area contributed by atoms with Crippen LogP contribution in [-0.4, -0.2) is 48.5 Å². The van der Waals surface area contributed by atoms with Gasteiger partial charge in [-0.25, -0.2) is 0 Å². The third kappa shape index (κ3) is 5.55. The molecule has 1 saturated heterocycles. The summed E-state index contributed by atoms with van der Waals surface area (Å²) < 4.78 is 39.1. The molecular formula is C26H31F3N4O. The summed E-state index contributed by atoms with van der Waals surface area (Å²) in [5.74, 6) is -0.00595. The van der Waals surface area contributed by atoms with Crippen molar-refractivity contribution in [2.45, 2.75) is 32.9 Å². The molecule has 0 radical (unpaired) electrons. The Labute approximate surface area is 197 Å². The smallest absolute Gasteiger partial charge is 0.369 e. The van der Waals surface area contributed by atoms with E-state index >= 15 is 0 Å². The first-order valence-corrected chi connectivity index (χ1v) is 11.8. The number of hydrogen-bond acceptors (Lipinski definition) is 3. The van der Waals surface area contributed by atoms with Gasteiger partial charge in [0.05, 0.1) is 5.56 Å². The van der Waals surface area contributed by atoms with E-state index in [9.17, 15) is 18.0 Å². The average Bonchev–Trinajstić information content (AvgIpc) is 3.24. The Bertz CT molecular complexity index is 1130. The first-order valence-electron chi connectivity index (χ1n) is 11.8. The average molecular weight is 473 g/mol. The molecule has 2 aromatic carbocycles. The number of rotatable bonds is 7. The fourth-order valence-corrected chi connectivity index (χ4v) is 4.30. The number of carbonyl (C=O) groups is 1. The molecule has 1 aliphatic heterocycles. The molecule has 2 N–H and O–H groups in total. The number of amides is 1. The molecule has 0 aliphatic carbocycles. The highest BCUT2D eigenvalue weighted by molar-refractivity contribution is 5.95. The molecule has 0 saturated carbocycles. The highest BCUT2D eigenvalue weighted by Gasteiger charge is 2.31. The van der Waals surface area contributed by atoms with Gasteiger partial charge in [0.1, 0.15) is 0 Å². The monoisotopic (exact) mass is 472 g/mol. The number of halogens is 3. The van der Waals surface area contributed by atoms with Crippen LogP contribution in [0, 0.1) is 5.92 Å². The van der Waals surface area contributed by atoms with E-state index in [4.69, 9.17) is 0 Å². The van der Waals surface area contributed by atoms with Crippen molar-refractivity contribution in [3.05, 3.63) is 59.8 Å². The molecule has 3 aromatic rings. The molecule has 5 nitrogen and oxygen atoms in total. The molecule has 1 aromatic heterocycles. The van der Waals surface area contributed by atoms with Gasteiger partial charge < -0.3 is 15.2 Å². The lowest BCUT2D eigenvalue weighted by Gasteiger charge is -2.36. The van der Waals surface area contributed by atoms with Crippen LogP contribution in [0.4, 0.5) is 24.5 Å². The van der Waals surface area contributed by atoms with Crippen LogP contribution in [0.1, 0.15) is 31.4 Å². The maximum Gasteiger partial charge on any atom is 0.416 e. The summed E-state index contributed by atoms with van der Waals surface area (Å²) in [7, 11) is 0. The van der Waals surface area contributed by atoms with Gasteiger partial charge in [-0.2, -0.15) is 13.2 Å². The highest BCUT2D eigenvalue weighted by atomic mass is 19.4. The van der Waals surface area contributed by atoms with E-state index in [1.807, 2.05) is 43.1 Å². The first kappa shape index (κ1) is 24.1. The number of aromatic amines is 1. The van der Waals surface area contributed by atoms with Gasteiger partial charge in [0.15, 0.2) is 0 Å². The molecule has 4 rings (SSSR count). The Morgan fingerprint density at radius 2 is 1.88 bits per heavy atom. The molecule has 1 fully saturated rings.